The molecule has 0 spiro atoms. The summed E-state index contributed by atoms with van der Waals surface area (Å²) in [7, 11) is 0. The fourth-order valence-electron chi connectivity index (χ4n) is 9.24. The number of carbonyl (C=O) groups excluding carboxylic acids is 5. The maximum Gasteiger partial charge on any atom is 0.271 e. The lowest BCUT2D eigenvalue weighted by Crippen LogP contribution is -2.37. The van der Waals surface area contributed by atoms with Crippen molar-refractivity contribution in [2.75, 3.05) is 32.3 Å². The van der Waals surface area contributed by atoms with Crippen LogP contribution in [0.1, 0.15) is 109 Å². The number of nitriles is 3. The number of amides is 5. The zero-order chi connectivity index (χ0) is 77.4. The molecule has 0 aliphatic heterocycles. The number of aromatic nitrogens is 11. The summed E-state index contributed by atoms with van der Waals surface area (Å²) < 4.78 is 0. The van der Waals surface area contributed by atoms with E-state index in [1.807, 2.05) is 152 Å². The Morgan fingerprint density at radius 1 is 0.429 bits per heavy atom. The summed E-state index contributed by atoms with van der Waals surface area (Å²) in [6.45, 7) is 15.9. The molecule has 0 aliphatic carbocycles. The molecule has 0 saturated carbocycles. The fraction of sp³-hybridized carbons (Fsp3) is 0.282. The van der Waals surface area contributed by atoms with Crippen LogP contribution in [0.5, 0.6) is 0 Å². The molecule has 0 radical (unpaired) electrons. The quantitative estimate of drug-likeness (QED) is 0.0283. The van der Waals surface area contributed by atoms with Gasteiger partial charge in [-0.15, -0.1) is 0 Å². The van der Waals surface area contributed by atoms with E-state index in [1.165, 1.54) is 24.8 Å². The van der Waals surface area contributed by atoms with Crippen LogP contribution >= 0.6 is 34.8 Å². The standard InChI is InChI=1S/C20H23N7O2.C20H21N7O.C11H14ClN5O.C9H8N2.C6H14N2O.C5HCl2N3/c1-11(2)7-15(18(21)28)26-16-10-24-17(19(22)29)20(27-16)25-13-8-12-5-3-4-6-14(12)23-9-13;1-12(2)7-16(19(22)28)26-18-11-24-17(9-21)20(27-18)25-14-8-13-5-3-4-6-15(13)23-10-14;1-6(2)3-7(11(14)18)16-9-5-15-8(4-13)10(12)17-9;10-8-5-7-3-1-2-4-9(7)11-6-8;1-4(2)3-5(7)6(8)9;6-4-2-9-3(1-8)5(7)10-4/h3-6,8-11,15H,7H2,1-2H3,(H2,21,28)(H2,22,29)(H2,25,26,27);3-6,8,10-12,16H,7H2,1-2H3,(H2,22,28)(H2,25,26,27);5-7H,3H2,1-2H3,(H2,14,18)(H,16,17);1-6H,10H2;4-5H,3,7H2,1-2H3,(H2,8,9);2H/t15-;16-;7-;;5-;/m111.1./s1. The molecule has 7 heterocycles. The van der Waals surface area contributed by atoms with Crippen molar-refractivity contribution in [3.05, 3.63) is 173 Å². The molecule has 31 nitrogen and oxygen atoms in total. The number of para-hydroxylation sites is 3. The zero-order valence-electron chi connectivity index (χ0n) is 58.6. The molecule has 34 heteroatoms. The Labute approximate surface area is 621 Å². The Kier molecular flexibility index (Phi) is 33.0. The lowest BCUT2D eigenvalue weighted by molar-refractivity contribution is -0.120. The number of halogens is 3. The van der Waals surface area contributed by atoms with Crippen LogP contribution < -0.4 is 66.7 Å². The average Bonchev–Trinajstić information content (AvgIpc) is 0.829. The van der Waals surface area contributed by atoms with Gasteiger partial charge in [-0.3, -0.25) is 38.9 Å². The van der Waals surface area contributed by atoms with Crippen molar-refractivity contribution < 1.29 is 24.0 Å². The van der Waals surface area contributed by atoms with E-state index in [4.69, 9.17) is 85.5 Å². The number of fused-ring (bicyclic) bond motifs is 3. The third-order valence-electron chi connectivity index (χ3n) is 14.1. The molecule has 10 aromatic rings. The number of hydrogen-bond donors (Lipinski definition) is 12. The zero-order valence-corrected chi connectivity index (χ0v) is 60.9. The largest absolute Gasteiger partial charge is 0.397 e. The van der Waals surface area contributed by atoms with Gasteiger partial charge in [0.2, 0.25) is 23.6 Å². The summed E-state index contributed by atoms with van der Waals surface area (Å²) in [5.74, 6) is 0.119. The summed E-state index contributed by atoms with van der Waals surface area (Å²) in [5.41, 5.74) is 42.5. The minimum absolute atomic E-state index is 0.00438. The number of anilines is 8. The molecule has 0 unspecified atom stereocenters. The van der Waals surface area contributed by atoms with E-state index >= 15 is 0 Å². The van der Waals surface area contributed by atoms with E-state index in [2.05, 4.69) is 81.4 Å². The molecule has 105 heavy (non-hydrogen) atoms. The van der Waals surface area contributed by atoms with Gasteiger partial charge in [0.1, 0.15) is 58.9 Å². The third-order valence-corrected chi connectivity index (χ3v) is 14.8. The van der Waals surface area contributed by atoms with Crippen LogP contribution in [-0.2, 0) is 19.2 Å². The Balaban J connectivity index is 0.000000240. The van der Waals surface area contributed by atoms with Crippen LogP contribution in [-0.4, -0.2) is 109 Å². The monoisotopic (exact) mass is 1480 g/mol. The van der Waals surface area contributed by atoms with Crippen LogP contribution in [0.25, 0.3) is 32.7 Å². The molecule has 0 bridgehead atoms. The lowest BCUT2D eigenvalue weighted by atomic mass is 10.0. The Morgan fingerprint density at radius 2 is 0.790 bits per heavy atom. The third kappa shape index (κ3) is 28.2. The van der Waals surface area contributed by atoms with E-state index in [-0.39, 0.29) is 61.7 Å². The topological polar surface area (TPSA) is 541 Å². The minimum atomic E-state index is -0.728. The van der Waals surface area contributed by atoms with Gasteiger partial charge in [0, 0.05) is 16.2 Å². The molecule has 7 aromatic heterocycles. The second kappa shape index (κ2) is 41.5. The highest BCUT2D eigenvalue weighted by molar-refractivity contribution is 6.32. The van der Waals surface area contributed by atoms with Crippen LogP contribution in [0.2, 0.25) is 15.5 Å². The molecule has 546 valence electrons. The second-order valence-electron chi connectivity index (χ2n) is 24.7. The number of primary amides is 5. The van der Waals surface area contributed by atoms with Crippen LogP contribution in [0.4, 0.5) is 46.2 Å². The predicted molar refractivity (Wildman–Crippen MR) is 407 cm³/mol. The van der Waals surface area contributed by atoms with Gasteiger partial charge in [-0.05, 0) is 85.8 Å². The Hall–Kier alpha value is -12.3. The molecule has 3 aromatic carbocycles. The number of nitrogen functional groups attached to an aromatic ring is 1. The van der Waals surface area contributed by atoms with Gasteiger partial charge in [0.05, 0.1) is 83.0 Å². The number of nitrogens with one attached hydrogen (secondary N) is 5. The average molecular weight is 1480 g/mol. The van der Waals surface area contributed by atoms with Gasteiger partial charge >= 0.3 is 0 Å². The normalized spacial score (nSPS) is 11.6. The van der Waals surface area contributed by atoms with E-state index in [0.717, 1.165) is 32.7 Å². The van der Waals surface area contributed by atoms with Crippen molar-refractivity contribution in [1.82, 2.24) is 54.8 Å². The van der Waals surface area contributed by atoms with Crippen molar-refractivity contribution in [3.8, 4) is 18.2 Å². The highest BCUT2D eigenvalue weighted by Gasteiger charge is 2.23. The van der Waals surface area contributed by atoms with Gasteiger partial charge in [-0.2, -0.15) is 15.8 Å². The van der Waals surface area contributed by atoms with E-state index < -0.39 is 53.7 Å². The summed E-state index contributed by atoms with van der Waals surface area (Å²) in [6.07, 6.45) is 12.7. The Morgan fingerprint density at radius 3 is 1.17 bits per heavy atom. The number of nitrogens with two attached hydrogens (primary N) is 7. The predicted octanol–water partition coefficient (Wildman–Crippen LogP) is 9.76. The van der Waals surface area contributed by atoms with Crippen molar-refractivity contribution in [3.63, 3.8) is 0 Å². The molecule has 4 atom stereocenters. The molecule has 19 N–H and O–H groups in total. The molecule has 5 amide bonds. The first-order chi connectivity index (χ1) is 49.9. The van der Waals surface area contributed by atoms with Crippen molar-refractivity contribution in [2.45, 2.75) is 105 Å². The summed E-state index contributed by atoms with van der Waals surface area (Å²) in [6, 6.07) is 32.4. The van der Waals surface area contributed by atoms with E-state index in [1.54, 1.807) is 30.7 Å². The van der Waals surface area contributed by atoms with E-state index in [0.29, 0.717) is 72.0 Å². The van der Waals surface area contributed by atoms with Gasteiger partial charge in [0.25, 0.3) is 5.91 Å². The highest BCUT2D eigenvalue weighted by Crippen LogP contribution is 2.26. The summed E-state index contributed by atoms with van der Waals surface area (Å²) in [5, 5.41) is 44.5. The molecule has 10 rings (SSSR count). The number of carbonyl (C=O) groups is 5. The van der Waals surface area contributed by atoms with Crippen LogP contribution in [0.3, 0.4) is 0 Å². The van der Waals surface area contributed by atoms with Crippen LogP contribution in [0.15, 0.2) is 134 Å². The van der Waals surface area contributed by atoms with Crippen molar-refractivity contribution >= 4 is 143 Å². The minimum Gasteiger partial charge on any atom is -0.397 e. The van der Waals surface area contributed by atoms with Gasteiger partial charge in [-0.1, -0.05) is 145 Å². The number of hydrogen-bond acceptors (Lipinski definition) is 26. The first kappa shape index (κ1) is 83.3. The summed E-state index contributed by atoms with van der Waals surface area (Å²) in [4.78, 5) is 102. The number of nitrogens with zero attached hydrogens (tertiary/aromatic N) is 14. The highest BCUT2D eigenvalue weighted by atomic mass is 35.5. The fourth-order valence-corrected chi connectivity index (χ4v) is 9.78. The summed E-state index contributed by atoms with van der Waals surface area (Å²) >= 11 is 16.6. The smallest absolute Gasteiger partial charge is 0.271 e. The van der Waals surface area contributed by atoms with Crippen LogP contribution in [0, 0.1) is 57.7 Å². The maximum absolute atomic E-state index is 11.8. The first-order valence-corrected chi connectivity index (χ1v) is 33.5. The number of rotatable bonds is 23. The van der Waals surface area contributed by atoms with Crippen molar-refractivity contribution in [1.29, 1.82) is 15.8 Å². The first-order valence-electron chi connectivity index (χ1n) is 32.4. The molecule has 0 aliphatic rings. The van der Waals surface area contributed by atoms with Gasteiger partial charge in [-0.25, -0.2) is 39.9 Å². The molecule has 0 saturated heterocycles. The molecular formula is C71H81Cl3N26O5. The van der Waals surface area contributed by atoms with Crippen molar-refractivity contribution in [2.24, 2.45) is 58.1 Å². The number of pyridine rings is 3. The number of benzene rings is 3. The maximum atomic E-state index is 11.8. The Bertz CT molecular complexity index is 4760. The molecular weight excluding hydrogens is 1400 g/mol. The lowest BCUT2D eigenvalue weighted by Gasteiger charge is -2.18. The van der Waals surface area contributed by atoms with Gasteiger partial charge < -0.3 is 66.7 Å². The van der Waals surface area contributed by atoms with Gasteiger partial charge in [0.15, 0.2) is 44.7 Å². The SMILES string of the molecule is CC(C)C[C@@H](N)C(N)=O.CC(C)C[C@@H](Nc1cnc(C#N)c(Cl)n1)C(N)=O.CC(C)C[C@@H](Nc1cnc(C#N)c(Nc2cnc3ccccc3c2)n1)C(N)=O.CC(C)C[C@@H](Nc1cnc(C(N)=O)c(Nc2cnc3ccccc3c2)n1)C(N)=O.N#Cc1ncc(Cl)nc1Cl.Nc1cnc2ccccc2c1. The molecule has 0 fully saturated rings. The van der Waals surface area contributed by atoms with E-state index in [9.17, 15) is 29.2 Å². The second-order valence-corrected chi connectivity index (χ2v) is 25.8.